The minimum atomic E-state index is -0.148. The molecule has 1 heterocycles. The molecule has 0 saturated carbocycles. The zero-order chi connectivity index (χ0) is 7.68. The van der Waals surface area contributed by atoms with Gasteiger partial charge in [0.2, 0.25) is 0 Å². The fourth-order valence-corrected chi connectivity index (χ4v) is 1.22. The number of rotatable bonds is 0. The molecule has 0 bridgehead atoms. The van der Waals surface area contributed by atoms with Crippen molar-refractivity contribution in [2.75, 3.05) is 0 Å². The molecule has 11 heavy (non-hydrogen) atoms. The van der Waals surface area contributed by atoms with E-state index in [0.717, 1.165) is 11.3 Å². The van der Waals surface area contributed by atoms with Gasteiger partial charge in [0, 0.05) is 6.20 Å². The number of nitrogens with zero attached hydrogens (tertiary/aromatic N) is 2. The molecular formula is C9H6N2. The summed E-state index contributed by atoms with van der Waals surface area (Å²) in [5.74, 6) is -0.148. The molecule has 1 aliphatic heterocycles. The topological polar surface area (TPSA) is 36.1 Å². The maximum absolute atomic E-state index is 8.70. The van der Waals surface area contributed by atoms with Crippen LogP contribution in [0.2, 0.25) is 0 Å². The molecule has 0 N–H and O–H groups in total. The van der Waals surface area contributed by atoms with Gasteiger partial charge in [-0.3, -0.25) is 4.99 Å². The summed E-state index contributed by atoms with van der Waals surface area (Å²) in [5, 5.41) is 8.70. The lowest BCUT2D eigenvalue weighted by molar-refractivity contribution is 1.13. The van der Waals surface area contributed by atoms with Gasteiger partial charge in [-0.15, -0.1) is 0 Å². The minimum absolute atomic E-state index is 0.148. The summed E-state index contributed by atoms with van der Waals surface area (Å²) in [5.41, 5.74) is 1.95. The van der Waals surface area contributed by atoms with Crippen LogP contribution < -0.4 is 0 Å². The zero-order valence-electron chi connectivity index (χ0n) is 5.86. The van der Waals surface area contributed by atoms with E-state index >= 15 is 0 Å². The van der Waals surface area contributed by atoms with Crippen molar-refractivity contribution < 1.29 is 0 Å². The van der Waals surface area contributed by atoms with Crippen LogP contribution in [0, 0.1) is 17.2 Å². The van der Waals surface area contributed by atoms with Crippen LogP contribution in [0.3, 0.4) is 0 Å². The number of nitriles is 1. The molecule has 2 aliphatic rings. The van der Waals surface area contributed by atoms with Gasteiger partial charge < -0.3 is 0 Å². The summed E-state index contributed by atoms with van der Waals surface area (Å²) in [4.78, 5) is 4.10. The summed E-state index contributed by atoms with van der Waals surface area (Å²) in [7, 11) is 0. The highest BCUT2D eigenvalue weighted by Gasteiger charge is 2.19. The molecule has 2 nitrogen and oxygen atoms in total. The van der Waals surface area contributed by atoms with E-state index in [9.17, 15) is 0 Å². The van der Waals surface area contributed by atoms with E-state index in [1.165, 1.54) is 0 Å². The van der Waals surface area contributed by atoms with E-state index in [-0.39, 0.29) is 5.92 Å². The van der Waals surface area contributed by atoms with E-state index in [1.54, 1.807) is 6.20 Å². The molecule has 0 amide bonds. The minimum Gasteiger partial charge on any atom is -0.259 e. The van der Waals surface area contributed by atoms with Crippen LogP contribution in [0.25, 0.3) is 0 Å². The molecule has 1 aliphatic carbocycles. The van der Waals surface area contributed by atoms with Gasteiger partial charge in [0.05, 0.1) is 11.8 Å². The number of hydrogen-bond acceptors (Lipinski definition) is 2. The molecule has 1 atom stereocenters. The number of hydrogen-bond donors (Lipinski definition) is 0. The molecule has 0 radical (unpaired) electrons. The van der Waals surface area contributed by atoms with E-state index in [0.29, 0.717) is 0 Å². The largest absolute Gasteiger partial charge is 0.259 e. The van der Waals surface area contributed by atoms with Crippen LogP contribution in [-0.4, -0.2) is 5.71 Å². The molecule has 0 unspecified atom stereocenters. The van der Waals surface area contributed by atoms with Gasteiger partial charge in [-0.05, 0) is 11.6 Å². The van der Waals surface area contributed by atoms with Crippen LogP contribution in [-0.2, 0) is 0 Å². The van der Waals surface area contributed by atoms with Crippen LogP contribution in [0.15, 0.2) is 41.1 Å². The number of allylic oxidation sites excluding steroid dienone is 5. The van der Waals surface area contributed by atoms with E-state index < -0.39 is 0 Å². The van der Waals surface area contributed by atoms with Gasteiger partial charge in [0.1, 0.15) is 5.92 Å². The third kappa shape index (κ3) is 0.821. The predicted molar refractivity (Wildman–Crippen MR) is 42.9 cm³/mol. The molecule has 0 fully saturated rings. The van der Waals surface area contributed by atoms with Crippen molar-refractivity contribution >= 4 is 5.71 Å². The predicted octanol–water partition coefficient (Wildman–Crippen LogP) is 1.59. The third-order valence-corrected chi connectivity index (χ3v) is 1.78. The Hall–Kier alpha value is -1.62. The molecule has 0 aromatic carbocycles. The lowest BCUT2D eigenvalue weighted by Crippen LogP contribution is -2.12. The first-order chi connectivity index (χ1) is 5.42. The van der Waals surface area contributed by atoms with Gasteiger partial charge in [0.25, 0.3) is 0 Å². The zero-order valence-corrected chi connectivity index (χ0v) is 5.86. The van der Waals surface area contributed by atoms with Crippen molar-refractivity contribution in [2.24, 2.45) is 10.9 Å². The second-order valence-corrected chi connectivity index (χ2v) is 2.44. The molecule has 0 spiro atoms. The first-order valence-electron chi connectivity index (χ1n) is 3.44. The van der Waals surface area contributed by atoms with Gasteiger partial charge >= 0.3 is 0 Å². The van der Waals surface area contributed by atoms with Gasteiger partial charge in [-0.2, -0.15) is 5.26 Å². The van der Waals surface area contributed by atoms with E-state index in [1.807, 2.05) is 24.3 Å². The maximum Gasteiger partial charge on any atom is 0.107 e. The fraction of sp³-hybridized carbons (Fsp3) is 0.111. The molecule has 0 saturated heterocycles. The SMILES string of the molecule is N#C[C@@H]1C=CC=C2C=CN=C21. The molecule has 52 valence electrons. The highest BCUT2D eigenvalue weighted by molar-refractivity contribution is 6.09. The van der Waals surface area contributed by atoms with Crippen LogP contribution >= 0.6 is 0 Å². The van der Waals surface area contributed by atoms with Crippen molar-refractivity contribution in [1.29, 1.82) is 5.26 Å². The Kier molecular flexibility index (Phi) is 1.23. The monoisotopic (exact) mass is 142 g/mol. The van der Waals surface area contributed by atoms with Crippen molar-refractivity contribution in [3.8, 4) is 6.07 Å². The summed E-state index contributed by atoms with van der Waals surface area (Å²) >= 11 is 0. The van der Waals surface area contributed by atoms with Crippen LogP contribution in [0.5, 0.6) is 0 Å². The quantitative estimate of drug-likeness (QED) is 0.506. The van der Waals surface area contributed by atoms with Crippen LogP contribution in [0.1, 0.15) is 0 Å². The average Bonchev–Trinajstić information content (AvgIpc) is 2.50. The second kappa shape index (κ2) is 2.21. The van der Waals surface area contributed by atoms with E-state index in [4.69, 9.17) is 5.26 Å². The molecular weight excluding hydrogens is 136 g/mol. The molecule has 0 aromatic heterocycles. The third-order valence-electron chi connectivity index (χ3n) is 1.78. The first-order valence-corrected chi connectivity index (χ1v) is 3.44. The fourth-order valence-electron chi connectivity index (χ4n) is 1.22. The van der Waals surface area contributed by atoms with Crippen molar-refractivity contribution in [2.45, 2.75) is 0 Å². The molecule has 0 aromatic rings. The average molecular weight is 142 g/mol. The number of aliphatic imine (C=N–C) groups is 1. The lowest BCUT2D eigenvalue weighted by atomic mass is 9.94. The van der Waals surface area contributed by atoms with Crippen molar-refractivity contribution in [1.82, 2.24) is 0 Å². The Labute approximate surface area is 64.9 Å². The van der Waals surface area contributed by atoms with Gasteiger partial charge in [-0.25, -0.2) is 0 Å². The second-order valence-electron chi connectivity index (χ2n) is 2.44. The summed E-state index contributed by atoms with van der Waals surface area (Å²) in [6.07, 6.45) is 9.38. The van der Waals surface area contributed by atoms with Crippen molar-refractivity contribution in [3.05, 3.63) is 36.1 Å². The van der Waals surface area contributed by atoms with E-state index in [2.05, 4.69) is 11.1 Å². The Balaban J connectivity index is 2.44. The normalized spacial score (nSPS) is 25.5. The highest BCUT2D eigenvalue weighted by atomic mass is 14.7. The first kappa shape index (κ1) is 6.11. The van der Waals surface area contributed by atoms with Crippen LogP contribution in [0.4, 0.5) is 0 Å². The standard InChI is InChI=1S/C9H6N2/c10-6-8-3-1-2-7-4-5-11-9(7)8/h1-5,8H/t8-/m0/s1. The molecule has 2 heteroatoms. The highest BCUT2D eigenvalue weighted by Crippen LogP contribution is 2.20. The van der Waals surface area contributed by atoms with Gasteiger partial charge in [-0.1, -0.05) is 18.2 Å². The summed E-state index contributed by atoms with van der Waals surface area (Å²) < 4.78 is 0. The smallest absolute Gasteiger partial charge is 0.107 e. The van der Waals surface area contributed by atoms with Crippen molar-refractivity contribution in [3.63, 3.8) is 0 Å². The Morgan fingerprint density at radius 2 is 2.45 bits per heavy atom. The van der Waals surface area contributed by atoms with Gasteiger partial charge in [0.15, 0.2) is 0 Å². The number of fused-ring (bicyclic) bond motifs is 1. The molecule has 2 rings (SSSR count). The lowest BCUT2D eigenvalue weighted by Gasteiger charge is -2.08. The Morgan fingerprint density at radius 1 is 1.55 bits per heavy atom. The summed E-state index contributed by atoms with van der Waals surface area (Å²) in [6.45, 7) is 0. The Morgan fingerprint density at radius 3 is 3.27 bits per heavy atom. The maximum atomic E-state index is 8.70. The Bertz CT molecular complexity index is 337. The summed E-state index contributed by atoms with van der Waals surface area (Å²) in [6, 6.07) is 2.18.